The van der Waals surface area contributed by atoms with E-state index >= 15 is 0 Å². The van der Waals surface area contributed by atoms with Crippen LogP contribution in [-0.2, 0) is 13.5 Å². The van der Waals surface area contributed by atoms with Crippen molar-refractivity contribution in [3.63, 3.8) is 0 Å². The number of nitrogens with zero attached hydrogens (tertiary/aromatic N) is 3. The number of hydrogen-bond acceptors (Lipinski definition) is 4. The number of aryl methyl sites for hydroxylation is 2. The van der Waals surface area contributed by atoms with E-state index in [2.05, 4.69) is 51.5 Å². The minimum Gasteiger partial charge on any atom is -0.309 e. The van der Waals surface area contributed by atoms with Crippen molar-refractivity contribution >= 4 is 27.3 Å². The normalized spacial score (nSPS) is 12.8. The van der Waals surface area contributed by atoms with Gasteiger partial charge < -0.3 is 5.32 Å². The maximum Gasteiger partial charge on any atom is 0.0846 e. The summed E-state index contributed by atoms with van der Waals surface area (Å²) in [7, 11) is 1.90. The van der Waals surface area contributed by atoms with Crippen LogP contribution in [0.15, 0.2) is 16.0 Å². The number of nitrogens with one attached hydrogen (secondary N) is 1. The summed E-state index contributed by atoms with van der Waals surface area (Å²) in [6, 6.07) is 2.56. The third-order valence-corrected chi connectivity index (χ3v) is 5.17. The molecule has 0 aliphatic rings. The predicted octanol–water partition coefficient (Wildman–Crippen LogP) is 3.23. The fourth-order valence-electron chi connectivity index (χ4n) is 1.95. The lowest BCUT2D eigenvalue weighted by Gasteiger charge is -2.15. The van der Waals surface area contributed by atoms with Crippen molar-refractivity contribution in [2.24, 2.45) is 7.05 Å². The Balaban J connectivity index is 2.15. The van der Waals surface area contributed by atoms with Crippen molar-refractivity contribution in [1.82, 2.24) is 20.3 Å². The first kappa shape index (κ1) is 14.7. The molecule has 1 atom stereocenters. The molecule has 104 valence electrons. The van der Waals surface area contributed by atoms with Crippen LogP contribution in [0.5, 0.6) is 0 Å². The molecule has 19 heavy (non-hydrogen) atoms. The number of hydrogen-bond donors (Lipinski definition) is 1. The number of thiophene rings is 1. The average Bonchev–Trinajstić information content (AvgIpc) is 2.92. The van der Waals surface area contributed by atoms with Crippen LogP contribution in [0.25, 0.3) is 0 Å². The van der Waals surface area contributed by atoms with E-state index in [1.165, 1.54) is 14.2 Å². The molecule has 1 N–H and O–H groups in total. The molecule has 2 aromatic rings. The van der Waals surface area contributed by atoms with E-state index in [4.69, 9.17) is 0 Å². The van der Waals surface area contributed by atoms with Crippen LogP contribution in [0, 0.1) is 6.92 Å². The van der Waals surface area contributed by atoms with E-state index < -0.39 is 0 Å². The summed E-state index contributed by atoms with van der Waals surface area (Å²) < 4.78 is 2.96. The van der Waals surface area contributed by atoms with Gasteiger partial charge in [-0.1, -0.05) is 12.1 Å². The summed E-state index contributed by atoms with van der Waals surface area (Å²) >= 11 is 5.40. The largest absolute Gasteiger partial charge is 0.309 e. The Labute approximate surface area is 126 Å². The fourth-order valence-corrected chi connectivity index (χ4v) is 3.59. The minimum absolute atomic E-state index is 0.312. The lowest BCUT2D eigenvalue weighted by atomic mass is 10.1. The molecule has 2 rings (SSSR count). The Hall–Kier alpha value is -0.720. The highest BCUT2D eigenvalue weighted by Crippen LogP contribution is 2.32. The standard InChI is InChI=1S/C13H19BrN4S/c1-4-5-15-11(7-10-8-18(3)17-16-10)12-6-9(2)13(14)19-12/h6,8,11,15H,4-5,7H2,1-3H3. The van der Waals surface area contributed by atoms with Gasteiger partial charge in [0.05, 0.1) is 9.48 Å². The van der Waals surface area contributed by atoms with Crippen molar-refractivity contribution in [3.05, 3.63) is 32.2 Å². The monoisotopic (exact) mass is 342 g/mol. The molecule has 6 heteroatoms. The fraction of sp³-hybridized carbons (Fsp3) is 0.538. The topological polar surface area (TPSA) is 42.7 Å². The first-order valence-corrected chi connectivity index (χ1v) is 8.05. The Morgan fingerprint density at radius 1 is 1.53 bits per heavy atom. The summed E-state index contributed by atoms with van der Waals surface area (Å²) in [4.78, 5) is 1.35. The predicted molar refractivity (Wildman–Crippen MR) is 82.5 cm³/mol. The molecule has 4 nitrogen and oxygen atoms in total. The zero-order chi connectivity index (χ0) is 13.8. The minimum atomic E-state index is 0.312. The van der Waals surface area contributed by atoms with Gasteiger partial charge in [0, 0.05) is 30.6 Å². The smallest absolute Gasteiger partial charge is 0.0846 e. The second kappa shape index (κ2) is 6.63. The highest BCUT2D eigenvalue weighted by atomic mass is 79.9. The molecule has 0 radical (unpaired) electrons. The van der Waals surface area contributed by atoms with Crippen LogP contribution in [0.1, 0.15) is 35.5 Å². The molecule has 0 aromatic carbocycles. The maximum atomic E-state index is 4.18. The van der Waals surface area contributed by atoms with Gasteiger partial charge in [0.1, 0.15) is 0 Å². The van der Waals surface area contributed by atoms with Gasteiger partial charge in [-0.05, 0) is 47.4 Å². The van der Waals surface area contributed by atoms with Crippen LogP contribution >= 0.6 is 27.3 Å². The van der Waals surface area contributed by atoms with Gasteiger partial charge in [-0.15, -0.1) is 16.4 Å². The van der Waals surface area contributed by atoms with E-state index in [9.17, 15) is 0 Å². The quantitative estimate of drug-likeness (QED) is 0.876. The van der Waals surface area contributed by atoms with E-state index in [-0.39, 0.29) is 0 Å². The number of halogens is 1. The molecular weight excluding hydrogens is 324 g/mol. The van der Waals surface area contributed by atoms with Gasteiger partial charge >= 0.3 is 0 Å². The maximum absolute atomic E-state index is 4.18. The molecule has 0 bridgehead atoms. The van der Waals surface area contributed by atoms with E-state index in [1.54, 1.807) is 16.0 Å². The summed E-state index contributed by atoms with van der Waals surface area (Å²) in [5, 5.41) is 11.8. The molecule has 0 fully saturated rings. The third-order valence-electron chi connectivity index (χ3n) is 2.92. The molecule has 0 saturated carbocycles. The summed E-state index contributed by atoms with van der Waals surface area (Å²) in [5.41, 5.74) is 2.32. The molecule has 2 aromatic heterocycles. The first-order chi connectivity index (χ1) is 9.10. The van der Waals surface area contributed by atoms with Crippen molar-refractivity contribution in [1.29, 1.82) is 0 Å². The second-order valence-electron chi connectivity index (χ2n) is 4.70. The molecule has 0 aliphatic carbocycles. The Morgan fingerprint density at radius 2 is 2.32 bits per heavy atom. The van der Waals surface area contributed by atoms with Gasteiger partial charge in [0.2, 0.25) is 0 Å². The number of aromatic nitrogens is 3. The molecular formula is C13H19BrN4S. The average molecular weight is 343 g/mol. The van der Waals surface area contributed by atoms with Crippen LogP contribution < -0.4 is 5.32 Å². The SMILES string of the molecule is CCCNC(Cc1cn(C)nn1)c1cc(C)c(Br)s1. The second-order valence-corrected chi connectivity index (χ2v) is 7.10. The Morgan fingerprint density at radius 3 is 2.84 bits per heavy atom. The molecule has 1 unspecified atom stereocenters. The summed E-state index contributed by atoms with van der Waals surface area (Å²) in [5.74, 6) is 0. The van der Waals surface area contributed by atoms with Crippen LogP contribution in [0.3, 0.4) is 0 Å². The van der Waals surface area contributed by atoms with Crippen molar-refractivity contribution < 1.29 is 0 Å². The zero-order valence-corrected chi connectivity index (χ0v) is 13.9. The van der Waals surface area contributed by atoms with Gasteiger partial charge in [-0.25, -0.2) is 0 Å². The van der Waals surface area contributed by atoms with Crippen molar-refractivity contribution in [3.8, 4) is 0 Å². The van der Waals surface area contributed by atoms with Crippen LogP contribution in [0.2, 0.25) is 0 Å². The van der Waals surface area contributed by atoms with Gasteiger partial charge in [-0.3, -0.25) is 4.68 Å². The van der Waals surface area contributed by atoms with Gasteiger partial charge in [-0.2, -0.15) is 0 Å². The highest BCUT2D eigenvalue weighted by Gasteiger charge is 2.16. The lowest BCUT2D eigenvalue weighted by Crippen LogP contribution is -2.23. The van der Waals surface area contributed by atoms with Crippen LogP contribution in [0.4, 0.5) is 0 Å². The van der Waals surface area contributed by atoms with Crippen molar-refractivity contribution in [2.45, 2.75) is 32.7 Å². The van der Waals surface area contributed by atoms with Gasteiger partial charge in [0.25, 0.3) is 0 Å². The summed E-state index contributed by atoms with van der Waals surface area (Å²) in [6.07, 6.45) is 3.98. The molecule has 0 amide bonds. The van der Waals surface area contributed by atoms with E-state index in [0.29, 0.717) is 6.04 Å². The highest BCUT2D eigenvalue weighted by molar-refractivity contribution is 9.11. The van der Waals surface area contributed by atoms with Crippen molar-refractivity contribution in [2.75, 3.05) is 6.54 Å². The Bertz CT molecular complexity index is 515. The molecule has 0 spiro atoms. The summed E-state index contributed by atoms with van der Waals surface area (Å²) in [6.45, 7) is 5.32. The van der Waals surface area contributed by atoms with E-state index in [1.807, 2.05) is 13.2 Å². The number of rotatable bonds is 6. The van der Waals surface area contributed by atoms with E-state index in [0.717, 1.165) is 25.1 Å². The van der Waals surface area contributed by atoms with Gasteiger partial charge in [0.15, 0.2) is 0 Å². The third kappa shape index (κ3) is 3.87. The lowest BCUT2D eigenvalue weighted by molar-refractivity contribution is 0.531. The first-order valence-electron chi connectivity index (χ1n) is 6.44. The molecule has 2 heterocycles. The van der Waals surface area contributed by atoms with Crippen LogP contribution in [-0.4, -0.2) is 21.5 Å². The zero-order valence-electron chi connectivity index (χ0n) is 11.5. The molecule has 0 saturated heterocycles. The molecule has 0 aliphatic heterocycles. The Kier molecular flexibility index (Phi) is 5.13.